The summed E-state index contributed by atoms with van der Waals surface area (Å²) in [6, 6.07) is 7.60. The predicted molar refractivity (Wildman–Crippen MR) is 103 cm³/mol. The van der Waals surface area contributed by atoms with Gasteiger partial charge in [-0.15, -0.1) is 0 Å². The van der Waals surface area contributed by atoms with E-state index in [0.29, 0.717) is 12.3 Å². The Hall–Kier alpha value is -1.05. The Bertz CT molecular complexity index is 642. The van der Waals surface area contributed by atoms with E-state index in [9.17, 15) is 13.2 Å². The Balaban J connectivity index is 2.03. The molecule has 0 aliphatic heterocycles. The van der Waals surface area contributed by atoms with Crippen LogP contribution in [0.25, 0.3) is 0 Å². The minimum Gasteiger partial charge on any atom is -0.352 e. The minimum atomic E-state index is -3.70. The number of hydrogen-bond donors (Lipinski definition) is 2. The molecule has 1 aliphatic carbocycles. The maximum absolute atomic E-state index is 12.7. The number of benzene rings is 1. The smallest absolute Gasteiger partial charge is 0.241 e. The first-order valence-corrected chi connectivity index (χ1v) is 11.7. The van der Waals surface area contributed by atoms with E-state index in [0.717, 1.165) is 31.4 Å². The molecule has 0 bridgehead atoms. The first-order chi connectivity index (χ1) is 11.9. The van der Waals surface area contributed by atoms with Gasteiger partial charge in [0.25, 0.3) is 0 Å². The molecule has 1 amide bonds. The van der Waals surface area contributed by atoms with Crippen LogP contribution in [-0.4, -0.2) is 38.4 Å². The van der Waals surface area contributed by atoms with Crippen molar-refractivity contribution >= 4 is 27.7 Å². The largest absolute Gasteiger partial charge is 0.352 e. The van der Waals surface area contributed by atoms with Gasteiger partial charge in [-0.05, 0) is 62.2 Å². The maximum atomic E-state index is 12.7. The molecular formula is C18H28N2O3S2. The molecular weight excluding hydrogens is 356 g/mol. The van der Waals surface area contributed by atoms with E-state index in [1.165, 1.54) is 12.1 Å². The zero-order chi connectivity index (χ0) is 18.3. The number of amides is 1. The number of rotatable bonds is 8. The molecule has 2 N–H and O–H groups in total. The number of nitrogens with one attached hydrogen (secondary N) is 2. The number of hydrogen-bond acceptors (Lipinski definition) is 4. The molecule has 1 unspecified atom stereocenters. The van der Waals surface area contributed by atoms with Gasteiger partial charge in [-0.25, -0.2) is 8.42 Å². The van der Waals surface area contributed by atoms with E-state index < -0.39 is 16.1 Å². The Morgan fingerprint density at radius 2 is 1.84 bits per heavy atom. The quantitative estimate of drug-likeness (QED) is 0.723. The van der Waals surface area contributed by atoms with Gasteiger partial charge in [0.1, 0.15) is 6.04 Å². The summed E-state index contributed by atoms with van der Waals surface area (Å²) in [6.07, 6.45) is 6.57. The van der Waals surface area contributed by atoms with Crippen LogP contribution in [0.3, 0.4) is 0 Å². The third-order valence-corrected chi connectivity index (χ3v) is 6.77. The standard InChI is InChI=1S/C18H28N2O3S2/c1-14-8-10-15(11-9-14)19-18(21)17(12-13-24-2)20-25(22,23)16-6-4-3-5-7-16/h3-7,14-15,17,20H,8-13H2,1-2H3,(H,19,21). The zero-order valence-electron chi connectivity index (χ0n) is 14.9. The highest BCUT2D eigenvalue weighted by molar-refractivity contribution is 7.98. The van der Waals surface area contributed by atoms with E-state index in [-0.39, 0.29) is 16.8 Å². The number of sulfonamides is 1. The SMILES string of the molecule is CSCCC(NS(=O)(=O)c1ccccc1)C(=O)NC1CCC(C)CC1. The summed E-state index contributed by atoms with van der Waals surface area (Å²) in [4.78, 5) is 12.8. The monoisotopic (exact) mass is 384 g/mol. The normalized spacial score (nSPS) is 22.3. The fourth-order valence-corrected chi connectivity index (χ4v) is 4.76. The molecule has 25 heavy (non-hydrogen) atoms. The van der Waals surface area contributed by atoms with Gasteiger partial charge in [-0.2, -0.15) is 16.5 Å². The second kappa shape index (κ2) is 9.59. The van der Waals surface area contributed by atoms with Gasteiger partial charge in [0, 0.05) is 6.04 Å². The summed E-state index contributed by atoms with van der Waals surface area (Å²) in [6.45, 7) is 2.23. The van der Waals surface area contributed by atoms with Gasteiger partial charge in [0.15, 0.2) is 0 Å². The van der Waals surface area contributed by atoms with Crippen LogP contribution < -0.4 is 10.0 Å². The van der Waals surface area contributed by atoms with Gasteiger partial charge in [-0.3, -0.25) is 4.79 Å². The molecule has 5 nitrogen and oxygen atoms in total. The average Bonchev–Trinajstić information content (AvgIpc) is 2.61. The van der Waals surface area contributed by atoms with Gasteiger partial charge in [0.2, 0.25) is 15.9 Å². The molecule has 0 spiro atoms. The summed E-state index contributed by atoms with van der Waals surface area (Å²) in [5.74, 6) is 1.21. The van der Waals surface area contributed by atoms with Crippen LogP contribution in [0.15, 0.2) is 35.2 Å². The summed E-state index contributed by atoms with van der Waals surface area (Å²) in [5.41, 5.74) is 0. The molecule has 140 valence electrons. The lowest BCUT2D eigenvalue weighted by molar-refractivity contribution is -0.123. The van der Waals surface area contributed by atoms with Crippen molar-refractivity contribution in [3.63, 3.8) is 0 Å². The van der Waals surface area contributed by atoms with Crippen molar-refractivity contribution < 1.29 is 13.2 Å². The highest BCUT2D eigenvalue weighted by Crippen LogP contribution is 2.23. The van der Waals surface area contributed by atoms with E-state index in [1.807, 2.05) is 6.26 Å². The van der Waals surface area contributed by atoms with Crippen molar-refractivity contribution in [1.29, 1.82) is 0 Å². The third-order valence-electron chi connectivity index (χ3n) is 4.64. The Morgan fingerprint density at radius 3 is 2.44 bits per heavy atom. The van der Waals surface area contributed by atoms with Crippen molar-refractivity contribution in [3.8, 4) is 0 Å². The summed E-state index contributed by atoms with van der Waals surface area (Å²) in [5, 5.41) is 3.05. The molecule has 1 aromatic rings. The Labute approximate surface area is 155 Å². The van der Waals surface area contributed by atoms with Gasteiger partial charge in [-0.1, -0.05) is 25.1 Å². The molecule has 1 aromatic carbocycles. The predicted octanol–water partition coefficient (Wildman–Crippen LogP) is 2.78. The second-order valence-corrected chi connectivity index (χ2v) is 9.43. The van der Waals surface area contributed by atoms with Crippen LogP contribution in [0.1, 0.15) is 39.0 Å². The third kappa shape index (κ3) is 6.31. The van der Waals surface area contributed by atoms with Crippen LogP contribution in [0, 0.1) is 5.92 Å². The van der Waals surface area contributed by atoms with Crippen LogP contribution in [0.2, 0.25) is 0 Å². The molecule has 1 atom stereocenters. The first kappa shape index (κ1) is 20.3. The average molecular weight is 385 g/mol. The summed E-state index contributed by atoms with van der Waals surface area (Å²) < 4.78 is 27.7. The van der Waals surface area contributed by atoms with E-state index in [1.54, 1.807) is 30.0 Å². The lowest BCUT2D eigenvalue weighted by atomic mass is 9.87. The fraction of sp³-hybridized carbons (Fsp3) is 0.611. The van der Waals surface area contributed by atoms with E-state index in [2.05, 4.69) is 17.0 Å². The second-order valence-electron chi connectivity index (χ2n) is 6.73. The van der Waals surface area contributed by atoms with Crippen LogP contribution in [-0.2, 0) is 14.8 Å². The Kier molecular flexibility index (Phi) is 7.78. The van der Waals surface area contributed by atoms with Crippen molar-refractivity contribution in [3.05, 3.63) is 30.3 Å². The number of thioether (sulfide) groups is 1. The molecule has 0 saturated heterocycles. The van der Waals surface area contributed by atoms with Crippen molar-refractivity contribution in [2.24, 2.45) is 5.92 Å². The maximum Gasteiger partial charge on any atom is 0.241 e. The molecule has 1 fully saturated rings. The molecule has 1 aliphatic rings. The van der Waals surface area contributed by atoms with E-state index in [4.69, 9.17) is 0 Å². The Morgan fingerprint density at radius 1 is 1.20 bits per heavy atom. The van der Waals surface area contributed by atoms with Crippen molar-refractivity contribution in [2.75, 3.05) is 12.0 Å². The first-order valence-electron chi connectivity index (χ1n) is 8.79. The van der Waals surface area contributed by atoms with Crippen molar-refractivity contribution in [1.82, 2.24) is 10.0 Å². The minimum absolute atomic E-state index is 0.154. The van der Waals surface area contributed by atoms with Crippen LogP contribution >= 0.6 is 11.8 Å². The number of carbonyl (C=O) groups excluding carboxylic acids is 1. The van der Waals surface area contributed by atoms with Gasteiger partial charge >= 0.3 is 0 Å². The topological polar surface area (TPSA) is 75.3 Å². The molecule has 0 radical (unpaired) electrons. The lowest BCUT2D eigenvalue weighted by Crippen LogP contribution is -2.50. The molecule has 7 heteroatoms. The lowest BCUT2D eigenvalue weighted by Gasteiger charge is -2.28. The van der Waals surface area contributed by atoms with Gasteiger partial charge in [0.05, 0.1) is 4.90 Å². The van der Waals surface area contributed by atoms with E-state index >= 15 is 0 Å². The molecule has 0 heterocycles. The summed E-state index contributed by atoms with van der Waals surface area (Å²) in [7, 11) is -3.70. The molecule has 2 rings (SSSR count). The molecule has 1 saturated carbocycles. The fourth-order valence-electron chi connectivity index (χ4n) is 3.04. The van der Waals surface area contributed by atoms with Gasteiger partial charge < -0.3 is 5.32 Å². The van der Waals surface area contributed by atoms with Crippen molar-refractivity contribution in [2.45, 2.75) is 56.0 Å². The zero-order valence-corrected chi connectivity index (χ0v) is 16.5. The van der Waals surface area contributed by atoms with Crippen LogP contribution in [0.4, 0.5) is 0 Å². The van der Waals surface area contributed by atoms with Crippen LogP contribution in [0.5, 0.6) is 0 Å². The molecule has 0 aromatic heterocycles. The summed E-state index contributed by atoms with van der Waals surface area (Å²) >= 11 is 1.60. The highest BCUT2D eigenvalue weighted by atomic mass is 32.2. The number of carbonyl (C=O) groups is 1. The highest BCUT2D eigenvalue weighted by Gasteiger charge is 2.28.